The number of nitrogens with one attached hydrogen (secondary N) is 1. The van der Waals surface area contributed by atoms with Crippen LogP contribution in [-0.4, -0.2) is 26.7 Å². The van der Waals surface area contributed by atoms with Crippen LogP contribution in [-0.2, 0) is 9.84 Å². The zero-order valence-electron chi connectivity index (χ0n) is 11.5. The number of aliphatic hydroxyl groups excluding tert-OH is 1. The summed E-state index contributed by atoms with van der Waals surface area (Å²) in [6.45, 7) is 0.761. The van der Waals surface area contributed by atoms with Gasteiger partial charge in [-0.05, 0) is 55.0 Å². The molecule has 6 heteroatoms. The smallest absolute Gasteiger partial charge is 0.206 e. The molecule has 2 rings (SSSR count). The predicted molar refractivity (Wildman–Crippen MR) is 82.9 cm³/mol. The number of hydrogen-bond donors (Lipinski definition) is 3. The first-order valence-electron chi connectivity index (χ1n) is 6.59. The molecule has 0 amide bonds. The highest BCUT2D eigenvalue weighted by Gasteiger charge is 2.17. The average molecular weight is 306 g/mol. The molecule has 4 N–H and O–H groups in total. The summed E-state index contributed by atoms with van der Waals surface area (Å²) in [5, 5.41) is 11.8. The number of hydrogen-bond acceptors (Lipinski definition) is 5. The number of aliphatic hydroxyl groups is 1. The van der Waals surface area contributed by atoms with E-state index in [1.165, 1.54) is 12.1 Å². The van der Waals surface area contributed by atoms with Crippen LogP contribution in [0.4, 0.5) is 11.4 Å². The second kappa shape index (κ2) is 6.60. The van der Waals surface area contributed by atoms with Crippen molar-refractivity contribution >= 4 is 21.2 Å². The third-order valence-corrected chi connectivity index (χ3v) is 4.80. The number of nitrogens with two attached hydrogens (primary N) is 1. The van der Waals surface area contributed by atoms with Gasteiger partial charge in [0, 0.05) is 24.5 Å². The minimum atomic E-state index is -3.52. The summed E-state index contributed by atoms with van der Waals surface area (Å²) in [5.41, 5.74) is 6.91. The quantitative estimate of drug-likeness (QED) is 0.560. The van der Waals surface area contributed by atoms with Gasteiger partial charge in [0.05, 0.1) is 9.79 Å². The molecule has 0 bridgehead atoms. The Balaban J connectivity index is 2.19. The van der Waals surface area contributed by atoms with Gasteiger partial charge in [-0.15, -0.1) is 0 Å². The fourth-order valence-corrected chi connectivity index (χ4v) is 3.11. The van der Waals surface area contributed by atoms with E-state index < -0.39 is 9.84 Å². The number of nitrogen functional groups attached to an aromatic ring is 1. The van der Waals surface area contributed by atoms with Crippen molar-refractivity contribution in [2.75, 3.05) is 24.2 Å². The molecule has 2 aromatic carbocycles. The van der Waals surface area contributed by atoms with Crippen molar-refractivity contribution < 1.29 is 13.5 Å². The Morgan fingerprint density at radius 3 is 2.00 bits per heavy atom. The van der Waals surface area contributed by atoms with Crippen molar-refractivity contribution in [3.8, 4) is 0 Å². The van der Waals surface area contributed by atoms with Crippen LogP contribution >= 0.6 is 0 Å². The molecule has 5 nitrogen and oxygen atoms in total. The van der Waals surface area contributed by atoms with E-state index >= 15 is 0 Å². The molecule has 0 unspecified atom stereocenters. The third-order valence-electron chi connectivity index (χ3n) is 3.02. The van der Waals surface area contributed by atoms with E-state index in [2.05, 4.69) is 5.32 Å². The maximum atomic E-state index is 12.4. The summed E-state index contributed by atoms with van der Waals surface area (Å²) < 4.78 is 24.8. The van der Waals surface area contributed by atoms with E-state index in [1.807, 2.05) is 0 Å². The second-order valence-corrected chi connectivity index (χ2v) is 6.55. The summed E-state index contributed by atoms with van der Waals surface area (Å²) in [6.07, 6.45) is 0.644. The highest BCUT2D eigenvalue weighted by atomic mass is 32.2. The maximum Gasteiger partial charge on any atom is 0.206 e. The molecule has 21 heavy (non-hydrogen) atoms. The zero-order chi connectivity index (χ0) is 15.3. The molecule has 0 saturated carbocycles. The summed E-state index contributed by atoms with van der Waals surface area (Å²) in [6, 6.07) is 12.7. The van der Waals surface area contributed by atoms with Crippen molar-refractivity contribution in [3.05, 3.63) is 48.5 Å². The molecule has 0 spiro atoms. The zero-order valence-corrected chi connectivity index (χ0v) is 12.3. The molecule has 2 aromatic rings. The fraction of sp³-hybridized carbons (Fsp3) is 0.200. The van der Waals surface area contributed by atoms with Gasteiger partial charge >= 0.3 is 0 Å². The minimum absolute atomic E-state index is 0.122. The van der Waals surface area contributed by atoms with Gasteiger partial charge in [-0.3, -0.25) is 0 Å². The summed E-state index contributed by atoms with van der Waals surface area (Å²) >= 11 is 0. The molecule has 0 aromatic heterocycles. The number of benzene rings is 2. The Bertz CT molecular complexity index is 680. The van der Waals surface area contributed by atoms with Crippen LogP contribution in [0.2, 0.25) is 0 Å². The van der Waals surface area contributed by atoms with Gasteiger partial charge in [-0.2, -0.15) is 0 Å². The van der Waals surface area contributed by atoms with E-state index in [1.54, 1.807) is 36.4 Å². The standard InChI is InChI=1S/C15H18N2O3S/c16-12-2-6-14(7-3-12)21(19,20)15-8-4-13(5-9-15)17-10-1-11-18/h2-9,17-18H,1,10-11,16H2. The molecule has 0 radical (unpaired) electrons. The van der Waals surface area contributed by atoms with Gasteiger partial charge < -0.3 is 16.2 Å². The molecule has 0 saturated heterocycles. The predicted octanol–water partition coefficient (Wildman–Crippen LogP) is 1.90. The summed E-state index contributed by atoms with van der Waals surface area (Å²) in [4.78, 5) is 0.456. The fourth-order valence-electron chi connectivity index (χ4n) is 1.85. The lowest BCUT2D eigenvalue weighted by molar-refractivity contribution is 0.292. The van der Waals surface area contributed by atoms with Crippen LogP contribution in [0.25, 0.3) is 0 Å². The van der Waals surface area contributed by atoms with Gasteiger partial charge in [-0.1, -0.05) is 0 Å². The Kier molecular flexibility index (Phi) is 4.82. The second-order valence-electron chi connectivity index (χ2n) is 4.60. The topological polar surface area (TPSA) is 92.4 Å². The lowest BCUT2D eigenvalue weighted by Crippen LogP contribution is -2.05. The van der Waals surface area contributed by atoms with E-state index in [0.717, 1.165) is 5.69 Å². The van der Waals surface area contributed by atoms with Gasteiger partial charge in [0.2, 0.25) is 9.84 Å². The molecule has 0 atom stereocenters. The summed E-state index contributed by atoms with van der Waals surface area (Å²) in [7, 11) is -3.52. The number of anilines is 2. The van der Waals surface area contributed by atoms with Crippen LogP contribution in [0.1, 0.15) is 6.42 Å². The van der Waals surface area contributed by atoms with Gasteiger partial charge in [0.15, 0.2) is 0 Å². The molecular formula is C15H18N2O3S. The maximum absolute atomic E-state index is 12.4. The normalized spacial score (nSPS) is 11.3. The van der Waals surface area contributed by atoms with E-state index in [-0.39, 0.29) is 16.4 Å². The van der Waals surface area contributed by atoms with Crippen molar-refractivity contribution in [1.82, 2.24) is 0 Å². The Labute approximate surface area is 124 Å². The number of rotatable bonds is 6. The molecule has 0 aliphatic heterocycles. The first-order chi connectivity index (χ1) is 10.0. The van der Waals surface area contributed by atoms with Crippen molar-refractivity contribution in [3.63, 3.8) is 0 Å². The van der Waals surface area contributed by atoms with Crippen molar-refractivity contribution in [2.24, 2.45) is 0 Å². The molecule has 0 aliphatic carbocycles. The molecule has 112 valence electrons. The summed E-state index contributed by atoms with van der Waals surface area (Å²) in [5.74, 6) is 0. The van der Waals surface area contributed by atoms with Crippen LogP contribution in [0.15, 0.2) is 58.3 Å². The van der Waals surface area contributed by atoms with Gasteiger partial charge in [-0.25, -0.2) is 8.42 Å². The Morgan fingerprint density at radius 1 is 0.952 bits per heavy atom. The van der Waals surface area contributed by atoms with Gasteiger partial charge in [0.25, 0.3) is 0 Å². The lowest BCUT2D eigenvalue weighted by Gasteiger charge is -2.08. The van der Waals surface area contributed by atoms with Crippen LogP contribution in [0.5, 0.6) is 0 Å². The third kappa shape index (κ3) is 3.74. The van der Waals surface area contributed by atoms with Crippen LogP contribution < -0.4 is 11.1 Å². The average Bonchev–Trinajstić information content (AvgIpc) is 2.48. The van der Waals surface area contributed by atoms with Crippen molar-refractivity contribution in [2.45, 2.75) is 16.2 Å². The van der Waals surface area contributed by atoms with Crippen molar-refractivity contribution in [1.29, 1.82) is 0 Å². The first-order valence-corrected chi connectivity index (χ1v) is 8.08. The minimum Gasteiger partial charge on any atom is -0.399 e. The largest absolute Gasteiger partial charge is 0.399 e. The van der Waals surface area contributed by atoms with Crippen LogP contribution in [0.3, 0.4) is 0 Å². The Morgan fingerprint density at radius 2 is 1.48 bits per heavy atom. The monoisotopic (exact) mass is 306 g/mol. The van der Waals surface area contributed by atoms with E-state index in [9.17, 15) is 8.42 Å². The molecule has 0 fully saturated rings. The highest BCUT2D eigenvalue weighted by Crippen LogP contribution is 2.23. The molecular weight excluding hydrogens is 288 g/mol. The molecule has 0 aliphatic rings. The SMILES string of the molecule is Nc1ccc(S(=O)(=O)c2ccc(NCCCO)cc2)cc1. The number of sulfone groups is 1. The Hall–Kier alpha value is -2.05. The highest BCUT2D eigenvalue weighted by molar-refractivity contribution is 7.91. The van der Waals surface area contributed by atoms with E-state index in [4.69, 9.17) is 10.8 Å². The first kappa shape index (κ1) is 15.3. The van der Waals surface area contributed by atoms with Crippen LogP contribution in [0, 0.1) is 0 Å². The molecule has 0 heterocycles. The lowest BCUT2D eigenvalue weighted by atomic mass is 10.3. The van der Waals surface area contributed by atoms with E-state index in [0.29, 0.717) is 18.7 Å². The van der Waals surface area contributed by atoms with Gasteiger partial charge in [0.1, 0.15) is 0 Å².